The third-order valence-electron chi connectivity index (χ3n) is 4.67. The minimum Gasteiger partial charge on any atom is -0.496 e. The molecule has 0 amide bonds. The molecule has 27 heavy (non-hydrogen) atoms. The summed E-state index contributed by atoms with van der Waals surface area (Å²) in [4.78, 5) is 5.43. The van der Waals surface area contributed by atoms with E-state index < -0.39 is 27.1 Å². The number of sulfonamides is 1. The lowest BCUT2D eigenvalue weighted by atomic mass is 10.0. The fourth-order valence-electron chi connectivity index (χ4n) is 3.32. The summed E-state index contributed by atoms with van der Waals surface area (Å²) in [6.45, 7) is 0.250. The maximum absolute atomic E-state index is 13.6. The van der Waals surface area contributed by atoms with E-state index in [1.165, 1.54) is 17.2 Å². The molecule has 1 heterocycles. The monoisotopic (exact) mass is 394 g/mol. The lowest BCUT2D eigenvalue weighted by Gasteiger charge is -2.23. The molecule has 0 radical (unpaired) electrons. The molecule has 0 aromatic heterocycles. The maximum atomic E-state index is 13.6. The average Bonchev–Trinajstić information content (AvgIpc) is 3.04. The van der Waals surface area contributed by atoms with Gasteiger partial charge in [-0.1, -0.05) is 30.3 Å². The Bertz CT molecular complexity index is 891. The third-order valence-corrected chi connectivity index (χ3v) is 6.46. The van der Waals surface area contributed by atoms with Gasteiger partial charge in [-0.15, -0.1) is 0 Å². The van der Waals surface area contributed by atoms with E-state index >= 15 is 0 Å². The van der Waals surface area contributed by atoms with Gasteiger partial charge in [0.1, 0.15) is 16.8 Å². The van der Waals surface area contributed by atoms with E-state index in [2.05, 4.69) is 4.72 Å². The summed E-state index contributed by atoms with van der Waals surface area (Å²) in [6.07, 6.45) is 0.497. The predicted octanol–water partition coefficient (Wildman–Crippen LogP) is 2.28. The van der Waals surface area contributed by atoms with Crippen LogP contribution in [0.4, 0.5) is 4.39 Å². The van der Waals surface area contributed by atoms with Gasteiger partial charge < -0.3 is 4.74 Å². The molecule has 0 unspecified atom stereocenters. The Kier molecular flexibility index (Phi) is 6.11. The van der Waals surface area contributed by atoms with Crippen LogP contribution < -0.4 is 9.46 Å². The highest BCUT2D eigenvalue weighted by atomic mass is 32.2. The van der Waals surface area contributed by atoms with E-state index in [0.29, 0.717) is 12.0 Å². The summed E-state index contributed by atoms with van der Waals surface area (Å²) in [6, 6.07) is 12.8. The molecular weight excluding hydrogens is 371 g/mol. The van der Waals surface area contributed by atoms with Crippen molar-refractivity contribution in [2.75, 3.05) is 27.3 Å². The number of nitrogens with one attached hydrogen (secondary N) is 1. The Hall–Kier alpha value is -2.00. The molecule has 1 N–H and O–H groups in total. The summed E-state index contributed by atoms with van der Waals surface area (Å²) < 4.78 is 47.2. The lowest BCUT2D eigenvalue weighted by molar-refractivity contribution is -0.110. The number of ether oxygens (including phenoxy) is 1. The highest BCUT2D eigenvalue weighted by Gasteiger charge is 2.43. The summed E-state index contributed by atoms with van der Waals surface area (Å²) in [7, 11) is -0.438. The van der Waals surface area contributed by atoms with Gasteiger partial charge in [-0.05, 0) is 35.7 Å². The summed E-state index contributed by atoms with van der Waals surface area (Å²) in [5.41, 5.74) is 1.49. The van der Waals surface area contributed by atoms with Gasteiger partial charge in [0.15, 0.2) is 0 Å². The topological polar surface area (TPSA) is 67.9 Å². The second-order valence-electron chi connectivity index (χ2n) is 6.38. The number of hydrogen-bond acceptors (Lipinski definition) is 5. The van der Waals surface area contributed by atoms with Crippen LogP contribution in [0, 0.1) is 5.82 Å². The van der Waals surface area contributed by atoms with Gasteiger partial charge in [0.25, 0.3) is 0 Å². The van der Waals surface area contributed by atoms with E-state index in [0.717, 1.165) is 11.3 Å². The molecule has 8 heteroatoms. The van der Waals surface area contributed by atoms with Gasteiger partial charge >= 0.3 is 0 Å². The van der Waals surface area contributed by atoms with Gasteiger partial charge in [-0.25, -0.2) is 17.5 Å². The number of nitrogens with zero attached hydrogens (tertiary/aromatic N) is 1. The predicted molar refractivity (Wildman–Crippen MR) is 100 cm³/mol. The zero-order valence-corrected chi connectivity index (χ0v) is 16.1. The van der Waals surface area contributed by atoms with E-state index in [-0.39, 0.29) is 13.2 Å². The number of benzene rings is 2. The van der Waals surface area contributed by atoms with Crippen LogP contribution in [-0.2, 0) is 21.3 Å². The van der Waals surface area contributed by atoms with Crippen molar-refractivity contribution >= 4 is 10.0 Å². The first-order valence-electron chi connectivity index (χ1n) is 8.64. The molecule has 1 aliphatic heterocycles. The Labute approximate surface area is 158 Å². The van der Waals surface area contributed by atoms with Crippen molar-refractivity contribution in [3.05, 3.63) is 65.5 Å². The minimum atomic E-state index is -3.67. The van der Waals surface area contributed by atoms with Crippen molar-refractivity contribution in [2.24, 2.45) is 0 Å². The smallest absolute Gasteiger partial charge is 0.218 e. The Morgan fingerprint density at radius 1 is 1.26 bits per heavy atom. The van der Waals surface area contributed by atoms with Crippen LogP contribution >= 0.6 is 0 Å². The van der Waals surface area contributed by atoms with E-state index in [1.54, 1.807) is 26.3 Å². The molecule has 2 aromatic rings. The van der Waals surface area contributed by atoms with E-state index in [4.69, 9.17) is 9.57 Å². The zero-order chi connectivity index (χ0) is 19.4. The highest BCUT2D eigenvalue weighted by molar-refractivity contribution is 7.90. The Balaban J connectivity index is 1.71. The zero-order valence-electron chi connectivity index (χ0n) is 15.3. The molecule has 1 aliphatic rings. The van der Waals surface area contributed by atoms with Crippen LogP contribution in [0.1, 0.15) is 17.2 Å². The van der Waals surface area contributed by atoms with Gasteiger partial charge in [-0.3, -0.25) is 4.84 Å². The first-order valence-corrected chi connectivity index (χ1v) is 10.2. The van der Waals surface area contributed by atoms with Crippen molar-refractivity contribution in [3.8, 4) is 5.75 Å². The van der Waals surface area contributed by atoms with Crippen molar-refractivity contribution < 1.29 is 22.4 Å². The second kappa shape index (κ2) is 8.35. The number of halogens is 1. The molecule has 1 fully saturated rings. The van der Waals surface area contributed by atoms with Crippen LogP contribution in [-0.4, -0.2) is 46.0 Å². The normalized spacial score (nSPS) is 20.7. The quantitative estimate of drug-likeness (QED) is 0.780. The molecule has 1 saturated heterocycles. The molecule has 0 spiro atoms. The summed E-state index contributed by atoms with van der Waals surface area (Å²) in [5, 5.41) is 0.640. The largest absolute Gasteiger partial charge is 0.496 e. The lowest BCUT2D eigenvalue weighted by Crippen LogP contribution is -2.40. The third kappa shape index (κ3) is 4.47. The number of hydroxylamine groups is 2. The first-order chi connectivity index (χ1) is 12.9. The number of rotatable bonds is 7. The minimum absolute atomic E-state index is 0.0155. The van der Waals surface area contributed by atoms with Crippen molar-refractivity contribution in [1.82, 2.24) is 9.79 Å². The standard InChI is InChI=1S/C19H23FN2O4S/c1-22-19(15-7-5-8-16(20)12-15)18(13-26-22)27(23,24)21-11-10-14-6-3-4-9-17(14)25-2/h3-9,12,18-19,21H,10-11,13H2,1-2H3/t18-,19-/m1/s1. The fraction of sp³-hybridized carbons (Fsp3) is 0.368. The molecule has 6 nitrogen and oxygen atoms in total. The highest BCUT2D eigenvalue weighted by Crippen LogP contribution is 2.33. The molecule has 146 valence electrons. The van der Waals surface area contributed by atoms with Gasteiger partial charge in [-0.2, -0.15) is 5.06 Å². The summed E-state index contributed by atoms with van der Waals surface area (Å²) >= 11 is 0. The molecular formula is C19H23FN2O4S. The van der Waals surface area contributed by atoms with Crippen LogP contribution in [0.2, 0.25) is 0 Å². The molecule has 2 atom stereocenters. The Morgan fingerprint density at radius 3 is 2.78 bits per heavy atom. The van der Waals surface area contributed by atoms with E-state index in [1.807, 2.05) is 24.3 Å². The summed E-state index contributed by atoms with van der Waals surface area (Å²) in [5.74, 6) is 0.311. The second-order valence-corrected chi connectivity index (χ2v) is 8.37. The van der Waals surface area contributed by atoms with E-state index in [9.17, 15) is 12.8 Å². The van der Waals surface area contributed by atoms with Crippen LogP contribution in [0.15, 0.2) is 48.5 Å². The number of hydrogen-bond donors (Lipinski definition) is 1. The van der Waals surface area contributed by atoms with Gasteiger partial charge in [0.05, 0.1) is 19.8 Å². The van der Waals surface area contributed by atoms with Gasteiger partial charge in [0.2, 0.25) is 10.0 Å². The molecule has 3 rings (SSSR count). The average molecular weight is 394 g/mol. The molecule has 0 aliphatic carbocycles. The van der Waals surface area contributed by atoms with Crippen LogP contribution in [0.25, 0.3) is 0 Å². The van der Waals surface area contributed by atoms with Crippen molar-refractivity contribution in [3.63, 3.8) is 0 Å². The van der Waals surface area contributed by atoms with Crippen molar-refractivity contribution in [1.29, 1.82) is 0 Å². The fourth-order valence-corrected chi connectivity index (χ4v) is 4.82. The van der Waals surface area contributed by atoms with Crippen LogP contribution in [0.5, 0.6) is 5.75 Å². The maximum Gasteiger partial charge on any atom is 0.218 e. The van der Waals surface area contributed by atoms with Gasteiger partial charge in [0, 0.05) is 13.6 Å². The Morgan fingerprint density at radius 2 is 2.04 bits per heavy atom. The number of methoxy groups -OCH3 is 1. The van der Waals surface area contributed by atoms with Crippen molar-refractivity contribution in [2.45, 2.75) is 17.7 Å². The SMILES string of the molecule is COc1ccccc1CCNS(=O)(=O)[C@@H]1CON(C)[C@@H]1c1cccc(F)c1. The first kappa shape index (κ1) is 19.8. The molecule has 2 aromatic carbocycles. The number of para-hydroxylation sites is 1. The molecule has 0 bridgehead atoms. The van der Waals surface area contributed by atoms with Crippen LogP contribution in [0.3, 0.4) is 0 Å². The molecule has 0 saturated carbocycles.